The molecule has 10 atom stereocenters. The number of ketones is 2. The van der Waals surface area contributed by atoms with Crippen molar-refractivity contribution in [3.8, 4) is 0 Å². The molecule has 5 rings (SSSR count). The van der Waals surface area contributed by atoms with E-state index in [4.69, 9.17) is 9.84 Å². The van der Waals surface area contributed by atoms with Gasteiger partial charge in [0, 0.05) is 35.4 Å². The fourth-order valence-electron chi connectivity index (χ4n) is 8.58. The topological polar surface area (TPSA) is 181 Å². The molecule has 11 heteroatoms. The Morgan fingerprint density at radius 1 is 1.18 bits per heavy atom. The predicted molar refractivity (Wildman–Crippen MR) is 161 cm³/mol. The second-order valence-corrected chi connectivity index (χ2v) is 13.5. The first-order valence-corrected chi connectivity index (χ1v) is 15.4. The molecule has 0 aliphatic heterocycles. The number of aliphatic hydroxyl groups excluding tert-OH is 3. The quantitative estimate of drug-likeness (QED) is 0.341. The van der Waals surface area contributed by atoms with Crippen molar-refractivity contribution in [2.45, 2.75) is 84.2 Å². The van der Waals surface area contributed by atoms with Crippen LogP contribution in [0, 0.1) is 34.5 Å². The molecule has 0 amide bonds. The van der Waals surface area contributed by atoms with E-state index in [1.807, 2.05) is 13.0 Å². The van der Waals surface area contributed by atoms with Crippen molar-refractivity contribution < 1.29 is 49.1 Å². The fourth-order valence-corrected chi connectivity index (χ4v) is 8.58. The van der Waals surface area contributed by atoms with Crippen LogP contribution < -0.4 is 0 Å². The summed E-state index contributed by atoms with van der Waals surface area (Å²) in [7, 11) is 1.27. The number of nitrogens with zero attached hydrogens (tertiary/aromatic N) is 1. The van der Waals surface area contributed by atoms with Gasteiger partial charge in [0.1, 0.15) is 17.4 Å². The van der Waals surface area contributed by atoms with Crippen LogP contribution in [-0.2, 0) is 23.9 Å². The van der Waals surface area contributed by atoms with E-state index in [-0.39, 0.29) is 35.1 Å². The van der Waals surface area contributed by atoms with Crippen LogP contribution in [0.3, 0.4) is 0 Å². The summed E-state index contributed by atoms with van der Waals surface area (Å²) in [5.41, 5.74) is -1.09. The highest BCUT2D eigenvalue weighted by Gasteiger charge is 2.68. The Kier molecular flexibility index (Phi) is 9.90. The van der Waals surface area contributed by atoms with E-state index in [2.05, 4.69) is 23.6 Å². The highest BCUT2D eigenvalue weighted by atomic mass is 16.5. The van der Waals surface area contributed by atoms with Crippen molar-refractivity contribution in [1.82, 2.24) is 4.98 Å². The zero-order valence-corrected chi connectivity index (χ0v) is 26.7. The maximum Gasteiger partial charge on any atom is 0.356 e. The zero-order chi connectivity index (χ0) is 33.5. The first-order chi connectivity index (χ1) is 21.0. The number of carbonyl (C=O) groups is 4. The standard InChI is InChI=1S/C24H32O6.C10H13NO4/c1-13-9-16-17-6-8-24(29,20(28)12-30-14(2)25)23(17,4)11-19(27)21(16)22(3)7-5-15(26)10-18(13)22;1-6(12)9(13)7-3-4-8(11-5-7)10(14)15-2/h5,7,10,13,16-17,19,21,27,29H,6,8-9,11-12H2,1-4H3;3-6,9,12-13H,1-2H3/t13-,16-,17-,19-,21+,22-,23-,24-;/m0./s1. The van der Waals surface area contributed by atoms with Crippen molar-refractivity contribution >= 4 is 23.5 Å². The molecule has 0 spiro atoms. The van der Waals surface area contributed by atoms with E-state index in [0.29, 0.717) is 24.8 Å². The van der Waals surface area contributed by atoms with Gasteiger partial charge in [-0.1, -0.05) is 38.5 Å². The Morgan fingerprint density at radius 2 is 1.87 bits per heavy atom. The van der Waals surface area contributed by atoms with Gasteiger partial charge < -0.3 is 29.9 Å². The zero-order valence-electron chi connectivity index (χ0n) is 26.7. The number of allylic oxidation sites excluding steroid dienone is 4. The van der Waals surface area contributed by atoms with Gasteiger partial charge in [0.2, 0.25) is 5.78 Å². The summed E-state index contributed by atoms with van der Waals surface area (Å²) < 4.78 is 9.36. The fraction of sp³-hybridized carbons (Fsp3) is 0.618. The normalized spacial score (nSPS) is 36.2. The van der Waals surface area contributed by atoms with Crippen molar-refractivity contribution in [3.05, 3.63) is 53.4 Å². The lowest BCUT2D eigenvalue weighted by molar-refractivity contribution is -0.182. The summed E-state index contributed by atoms with van der Waals surface area (Å²) >= 11 is 0. The highest BCUT2D eigenvalue weighted by molar-refractivity contribution is 6.01. The van der Waals surface area contributed by atoms with Crippen LogP contribution in [0.2, 0.25) is 0 Å². The van der Waals surface area contributed by atoms with E-state index in [9.17, 15) is 34.5 Å². The molecule has 4 aliphatic rings. The summed E-state index contributed by atoms with van der Waals surface area (Å²) in [6.07, 6.45) is 6.17. The molecule has 45 heavy (non-hydrogen) atoms. The summed E-state index contributed by atoms with van der Waals surface area (Å²) in [6.45, 7) is 8.41. The average molecular weight is 628 g/mol. The largest absolute Gasteiger partial charge is 0.464 e. The number of fused-ring (bicyclic) bond motifs is 5. The number of esters is 2. The van der Waals surface area contributed by atoms with Crippen LogP contribution in [0.15, 0.2) is 42.1 Å². The van der Waals surface area contributed by atoms with E-state index in [1.54, 1.807) is 12.2 Å². The molecule has 246 valence electrons. The van der Waals surface area contributed by atoms with Crippen LogP contribution in [0.25, 0.3) is 0 Å². The molecule has 0 aromatic carbocycles. The number of hydrogen-bond donors (Lipinski definition) is 4. The Labute approximate surface area is 263 Å². The molecule has 1 heterocycles. The number of hydrogen-bond acceptors (Lipinski definition) is 11. The molecular formula is C34H45NO10. The van der Waals surface area contributed by atoms with Gasteiger partial charge >= 0.3 is 11.9 Å². The van der Waals surface area contributed by atoms with Crippen molar-refractivity contribution in [2.75, 3.05) is 13.7 Å². The Bertz CT molecular complexity index is 1390. The minimum absolute atomic E-state index is 0.00535. The minimum Gasteiger partial charge on any atom is -0.464 e. The molecule has 1 aromatic heterocycles. The lowest BCUT2D eigenvalue weighted by atomic mass is 9.45. The van der Waals surface area contributed by atoms with Gasteiger partial charge in [-0.3, -0.25) is 14.4 Å². The highest BCUT2D eigenvalue weighted by Crippen LogP contribution is 2.67. The van der Waals surface area contributed by atoms with Crippen molar-refractivity contribution in [3.63, 3.8) is 0 Å². The van der Waals surface area contributed by atoms with Crippen LogP contribution in [0.4, 0.5) is 0 Å². The van der Waals surface area contributed by atoms with Gasteiger partial charge in [0.15, 0.2) is 12.4 Å². The maximum absolute atomic E-state index is 12.9. The minimum atomic E-state index is -1.61. The number of methoxy groups -OCH3 is 1. The van der Waals surface area contributed by atoms with Gasteiger partial charge in [-0.05, 0) is 68.6 Å². The lowest BCUT2D eigenvalue weighted by Gasteiger charge is -2.60. The molecule has 1 aromatic rings. The number of rotatable bonds is 6. The number of carbonyl (C=O) groups excluding carboxylic acids is 4. The molecule has 0 saturated heterocycles. The molecular weight excluding hydrogens is 582 g/mol. The third-order valence-corrected chi connectivity index (χ3v) is 10.8. The van der Waals surface area contributed by atoms with Crippen LogP contribution >= 0.6 is 0 Å². The molecule has 2 unspecified atom stereocenters. The number of pyridine rings is 1. The summed E-state index contributed by atoms with van der Waals surface area (Å²) in [6, 6.07) is 2.96. The summed E-state index contributed by atoms with van der Waals surface area (Å²) in [5.74, 6) is -1.25. The van der Waals surface area contributed by atoms with Gasteiger partial charge in [0.05, 0.1) is 19.3 Å². The summed E-state index contributed by atoms with van der Waals surface area (Å²) in [4.78, 5) is 50.9. The SMILES string of the molecule is CC(=O)OCC(=O)[C@@]1(O)CC[C@H]2[C@@H]3C[C@H](C)C4=CC(=O)C=C[C@]4(C)[C@H]3[C@@H](O)C[C@@]21C.COC(=O)c1ccc(C(O)C(C)O)cn1. The molecule has 4 N–H and O–H groups in total. The van der Waals surface area contributed by atoms with Crippen LogP contribution in [0.5, 0.6) is 0 Å². The van der Waals surface area contributed by atoms with Gasteiger partial charge in [-0.15, -0.1) is 0 Å². The third kappa shape index (κ3) is 6.15. The predicted octanol–water partition coefficient (Wildman–Crippen LogP) is 2.66. The number of Topliss-reactive ketones (excluding diaryl/α,β-unsaturated/α-hetero) is 1. The van der Waals surface area contributed by atoms with E-state index in [0.717, 1.165) is 12.0 Å². The Hall–Kier alpha value is -3.25. The summed E-state index contributed by atoms with van der Waals surface area (Å²) in [5, 5.41) is 41.5. The second kappa shape index (κ2) is 12.9. The molecule has 0 bridgehead atoms. The molecule has 3 saturated carbocycles. The molecule has 0 radical (unpaired) electrons. The Morgan fingerprint density at radius 3 is 2.44 bits per heavy atom. The van der Waals surface area contributed by atoms with Gasteiger partial charge in [-0.2, -0.15) is 0 Å². The molecule has 11 nitrogen and oxygen atoms in total. The van der Waals surface area contributed by atoms with Crippen molar-refractivity contribution in [2.24, 2.45) is 34.5 Å². The molecule has 3 fully saturated rings. The van der Waals surface area contributed by atoms with Crippen LogP contribution in [0.1, 0.15) is 82.5 Å². The van der Waals surface area contributed by atoms with Gasteiger partial charge in [-0.25, -0.2) is 9.78 Å². The number of ether oxygens (including phenoxy) is 2. The number of aliphatic hydroxyl groups is 4. The second-order valence-electron chi connectivity index (χ2n) is 13.5. The first kappa shape index (κ1) is 34.6. The van der Waals surface area contributed by atoms with E-state index in [1.165, 1.54) is 39.3 Å². The monoisotopic (exact) mass is 627 g/mol. The average Bonchev–Trinajstić information content (AvgIpc) is 3.26. The van der Waals surface area contributed by atoms with Crippen molar-refractivity contribution in [1.29, 1.82) is 0 Å². The third-order valence-electron chi connectivity index (χ3n) is 10.8. The lowest BCUT2D eigenvalue weighted by Crippen LogP contribution is -2.62. The van der Waals surface area contributed by atoms with Crippen LogP contribution in [-0.4, -0.2) is 80.4 Å². The number of aromatic nitrogens is 1. The van der Waals surface area contributed by atoms with Gasteiger partial charge in [0.25, 0.3) is 0 Å². The van der Waals surface area contributed by atoms with E-state index < -0.39 is 59.1 Å². The first-order valence-electron chi connectivity index (χ1n) is 15.4. The smallest absolute Gasteiger partial charge is 0.356 e. The maximum atomic E-state index is 12.9. The molecule has 4 aliphatic carbocycles. The van der Waals surface area contributed by atoms with E-state index >= 15 is 0 Å². The Balaban J connectivity index is 0.000000259.